The van der Waals surface area contributed by atoms with E-state index in [2.05, 4.69) is 29.6 Å². The Morgan fingerprint density at radius 3 is 2.65 bits per heavy atom. The fourth-order valence-electron chi connectivity index (χ4n) is 3.56. The number of hydrogen-bond donors (Lipinski definition) is 2. The molecule has 1 aromatic rings. The average Bonchev–Trinajstić information content (AvgIpc) is 3.14. The van der Waals surface area contributed by atoms with E-state index < -0.39 is 0 Å². The van der Waals surface area contributed by atoms with Gasteiger partial charge in [-0.1, -0.05) is 36.8 Å². The Kier molecular flexibility index (Phi) is 3.79. The lowest BCUT2D eigenvalue weighted by Gasteiger charge is -2.21. The average molecular weight is 272 g/mol. The van der Waals surface area contributed by atoms with Gasteiger partial charge in [-0.3, -0.25) is 4.79 Å². The van der Waals surface area contributed by atoms with E-state index in [-0.39, 0.29) is 17.2 Å². The van der Waals surface area contributed by atoms with Gasteiger partial charge in [-0.25, -0.2) is 0 Å². The second kappa shape index (κ2) is 5.57. The van der Waals surface area contributed by atoms with Crippen molar-refractivity contribution in [1.29, 1.82) is 0 Å². The third kappa shape index (κ3) is 2.59. The molecule has 0 saturated heterocycles. The number of rotatable bonds is 5. The standard InChI is InChI=1S/C17H24N2O/c18-11-13-5-4-8-15(13)16(20)19-12-17(9-10-17)14-6-2-1-3-7-14/h1-3,6-7,13,15H,4-5,8-12,18H2,(H,19,20)/t13-,15-/m1/s1. The second-order valence-corrected chi connectivity index (χ2v) is 6.40. The van der Waals surface area contributed by atoms with Crippen LogP contribution in [0.15, 0.2) is 30.3 Å². The number of carbonyl (C=O) groups excluding carboxylic acids is 1. The zero-order valence-corrected chi connectivity index (χ0v) is 12.0. The molecule has 0 unspecified atom stereocenters. The first-order chi connectivity index (χ1) is 9.75. The SMILES string of the molecule is NC[C@H]1CCC[C@H]1C(=O)NCC1(c2ccccc2)CC1. The van der Waals surface area contributed by atoms with Crippen molar-refractivity contribution in [2.45, 2.75) is 37.5 Å². The van der Waals surface area contributed by atoms with Crippen molar-refractivity contribution in [1.82, 2.24) is 5.32 Å². The predicted octanol–water partition coefficient (Wildman–Crippen LogP) is 2.21. The van der Waals surface area contributed by atoms with Gasteiger partial charge < -0.3 is 11.1 Å². The lowest BCUT2D eigenvalue weighted by Crippen LogP contribution is -2.39. The van der Waals surface area contributed by atoms with Crippen LogP contribution >= 0.6 is 0 Å². The highest BCUT2D eigenvalue weighted by atomic mass is 16.1. The summed E-state index contributed by atoms with van der Waals surface area (Å²) in [4.78, 5) is 12.4. The molecule has 1 aromatic carbocycles. The Morgan fingerprint density at radius 2 is 2.00 bits per heavy atom. The molecule has 0 heterocycles. The predicted molar refractivity (Wildman–Crippen MR) is 80.2 cm³/mol. The van der Waals surface area contributed by atoms with Crippen LogP contribution in [0.5, 0.6) is 0 Å². The van der Waals surface area contributed by atoms with E-state index in [1.165, 1.54) is 18.4 Å². The van der Waals surface area contributed by atoms with Crippen LogP contribution in [0.2, 0.25) is 0 Å². The van der Waals surface area contributed by atoms with Gasteiger partial charge in [-0.15, -0.1) is 0 Å². The Bertz CT molecular complexity index is 467. The first-order valence-corrected chi connectivity index (χ1v) is 7.78. The first kappa shape index (κ1) is 13.6. The summed E-state index contributed by atoms with van der Waals surface area (Å²) in [5.41, 5.74) is 7.33. The summed E-state index contributed by atoms with van der Waals surface area (Å²) in [6.45, 7) is 1.42. The molecule has 3 heteroatoms. The van der Waals surface area contributed by atoms with Crippen molar-refractivity contribution in [3.63, 3.8) is 0 Å². The van der Waals surface area contributed by atoms with Crippen LogP contribution in [0.1, 0.15) is 37.7 Å². The minimum Gasteiger partial charge on any atom is -0.355 e. The summed E-state index contributed by atoms with van der Waals surface area (Å²) >= 11 is 0. The van der Waals surface area contributed by atoms with E-state index in [1.807, 2.05) is 6.07 Å². The van der Waals surface area contributed by atoms with Crippen molar-refractivity contribution in [2.75, 3.05) is 13.1 Å². The fourth-order valence-corrected chi connectivity index (χ4v) is 3.56. The smallest absolute Gasteiger partial charge is 0.223 e. The van der Waals surface area contributed by atoms with Crippen molar-refractivity contribution in [2.24, 2.45) is 17.6 Å². The summed E-state index contributed by atoms with van der Waals surface area (Å²) in [6, 6.07) is 10.6. The summed E-state index contributed by atoms with van der Waals surface area (Å²) < 4.78 is 0. The molecule has 2 aliphatic rings. The molecule has 0 spiro atoms. The van der Waals surface area contributed by atoms with Crippen LogP contribution < -0.4 is 11.1 Å². The van der Waals surface area contributed by atoms with E-state index in [0.29, 0.717) is 12.5 Å². The zero-order chi connectivity index (χ0) is 14.0. The summed E-state index contributed by atoms with van der Waals surface area (Å²) in [6.07, 6.45) is 5.62. The highest BCUT2D eigenvalue weighted by Gasteiger charge is 2.44. The van der Waals surface area contributed by atoms with Gasteiger partial charge in [0.2, 0.25) is 5.91 Å². The summed E-state index contributed by atoms with van der Waals surface area (Å²) in [7, 11) is 0. The lowest BCUT2D eigenvalue weighted by molar-refractivity contribution is -0.126. The summed E-state index contributed by atoms with van der Waals surface area (Å²) in [5.74, 6) is 0.758. The quantitative estimate of drug-likeness (QED) is 0.863. The molecule has 0 radical (unpaired) electrons. The summed E-state index contributed by atoms with van der Waals surface area (Å²) in [5, 5.41) is 3.20. The highest BCUT2D eigenvalue weighted by Crippen LogP contribution is 2.47. The van der Waals surface area contributed by atoms with Crippen LogP contribution in [0.4, 0.5) is 0 Å². The number of hydrogen-bond acceptors (Lipinski definition) is 2. The van der Waals surface area contributed by atoms with Gasteiger partial charge >= 0.3 is 0 Å². The Balaban J connectivity index is 1.58. The molecule has 3 nitrogen and oxygen atoms in total. The van der Waals surface area contributed by atoms with E-state index in [0.717, 1.165) is 25.8 Å². The van der Waals surface area contributed by atoms with Gasteiger partial charge in [-0.2, -0.15) is 0 Å². The molecule has 2 aliphatic carbocycles. The minimum absolute atomic E-state index is 0.145. The van der Waals surface area contributed by atoms with Gasteiger partial charge in [0.1, 0.15) is 0 Å². The van der Waals surface area contributed by atoms with Crippen LogP contribution in [0.3, 0.4) is 0 Å². The zero-order valence-electron chi connectivity index (χ0n) is 12.0. The normalized spacial score (nSPS) is 27.2. The third-order valence-electron chi connectivity index (χ3n) is 5.14. The third-order valence-corrected chi connectivity index (χ3v) is 5.14. The van der Waals surface area contributed by atoms with Crippen molar-refractivity contribution < 1.29 is 4.79 Å². The molecule has 108 valence electrons. The largest absolute Gasteiger partial charge is 0.355 e. The maximum atomic E-state index is 12.4. The van der Waals surface area contributed by atoms with Gasteiger partial charge in [0.15, 0.2) is 0 Å². The number of carbonyl (C=O) groups is 1. The molecule has 1 amide bonds. The maximum Gasteiger partial charge on any atom is 0.223 e. The van der Waals surface area contributed by atoms with E-state index >= 15 is 0 Å². The molecule has 2 fully saturated rings. The molecule has 0 aromatic heterocycles. The molecule has 2 saturated carbocycles. The molecule has 2 atom stereocenters. The molecule has 0 bridgehead atoms. The van der Waals surface area contributed by atoms with Gasteiger partial charge in [0.05, 0.1) is 0 Å². The molecular formula is C17H24N2O. The van der Waals surface area contributed by atoms with E-state index in [9.17, 15) is 4.79 Å². The topological polar surface area (TPSA) is 55.1 Å². The Hall–Kier alpha value is -1.35. The minimum atomic E-state index is 0.145. The molecule has 3 N–H and O–H groups in total. The van der Waals surface area contributed by atoms with Crippen LogP contribution in [-0.4, -0.2) is 19.0 Å². The second-order valence-electron chi connectivity index (χ2n) is 6.40. The van der Waals surface area contributed by atoms with Crippen LogP contribution in [-0.2, 0) is 10.2 Å². The van der Waals surface area contributed by atoms with Crippen LogP contribution in [0, 0.1) is 11.8 Å². The lowest BCUT2D eigenvalue weighted by atomic mass is 9.93. The van der Waals surface area contributed by atoms with E-state index in [4.69, 9.17) is 5.73 Å². The van der Waals surface area contributed by atoms with Crippen molar-refractivity contribution in [3.05, 3.63) is 35.9 Å². The monoisotopic (exact) mass is 272 g/mol. The molecule has 20 heavy (non-hydrogen) atoms. The number of nitrogens with two attached hydrogens (primary N) is 1. The number of nitrogens with one attached hydrogen (secondary N) is 1. The highest BCUT2D eigenvalue weighted by molar-refractivity contribution is 5.79. The molecular weight excluding hydrogens is 248 g/mol. The fraction of sp³-hybridized carbons (Fsp3) is 0.588. The number of benzene rings is 1. The van der Waals surface area contributed by atoms with E-state index in [1.54, 1.807) is 0 Å². The number of amides is 1. The van der Waals surface area contributed by atoms with Gasteiger partial charge in [-0.05, 0) is 43.7 Å². The maximum absolute atomic E-state index is 12.4. The molecule has 3 rings (SSSR count). The first-order valence-electron chi connectivity index (χ1n) is 7.78. The Labute approximate surface area is 120 Å². The molecule has 0 aliphatic heterocycles. The Morgan fingerprint density at radius 1 is 1.25 bits per heavy atom. The van der Waals surface area contributed by atoms with Crippen molar-refractivity contribution >= 4 is 5.91 Å². The van der Waals surface area contributed by atoms with Gasteiger partial charge in [0.25, 0.3) is 0 Å². The van der Waals surface area contributed by atoms with Gasteiger partial charge in [0, 0.05) is 17.9 Å². The van der Waals surface area contributed by atoms with Crippen molar-refractivity contribution in [3.8, 4) is 0 Å². The van der Waals surface area contributed by atoms with Crippen LogP contribution in [0.25, 0.3) is 0 Å².